The molecule has 13 heavy (non-hydrogen) atoms. The number of primary amides is 1. The van der Waals surface area contributed by atoms with E-state index in [4.69, 9.17) is 5.73 Å². The lowest BCUT2D eigenvalue weighted by atomic mass is 9.91. The van der Waals surface area contributed by atoms with Gasteiger partial charge in [0.1, 0.15) is 0 Å². The number of nitrogens with two attached hydrogens (primary N) is 1. The molecule has 1 aromatic heterocycles. The third-order valence-electron chi connectivity index (χ3n) is 2.27. The minimum absolute atomic E-state index is 0.310. The lowest BCUT2D eigenvalue weighted by Crippen LogP contribution is -2.13. The normalized spacial score (nSPS) is 18.6. The number of amides is 1. The molecule has 3 nitrogen and oxygen atoms in total. The van der Waals surface area contributed by atoms with Gasteiger partial charge in [-0.3, -0.25) is 4.79 Å². The van der Waals surface area contributed by atoms with Crippen LogP contribution in [0.2, 0.25) is 0 Å². The molecule has 4 heteroatoms. The predicted molar refractivity (Wildman–Crippen MR) is 51.8 cm³/mol. The number of hydrogen-bond donors (Lipinski definition) is 1. The highest BCUT2D eigenvalue weighted by Crippen LogP contribution is 2.38. The van der Waals surface area contributed by atoms with Crippen molar-refractivity contribution in [2.45, 2.75) is 26.7 Å². The first-order valence-corrected chi connectivity index (χ1v) is 5.08. The van der Waals surface area contributed by atoms with Crippen LogP contribution in [0.3, 0.4) is 0 Å². The second kappa shape index (κ2) is 2.54. The van der Waals surface area contributed by atoms with E-state index < -0.39 is 5.91 Å². The Morgan fingerprint density at radius 3 is 2.77 bits per heavy atom. The van der Waals surface area contributed by atoms with Crippen LogP contribution in [0.4, 0.5) is 0 Å². The molecule has 1 amide bonds. The fraction of sp³-hybridized carbons (Fsp3) is 0.556. The summed E-state index contributed by atoms with van der Waals surface area (Å²) >= 11 is 1.45. The van der Waals surface area contributed by atoms with Gasteiger partial charge in [-0.2, -0.15) is 0 Å². The summed E-state index contributed by atoms with van der Waals surface area (Å²) < 4.78 is 0. The maximum absolute atomic E-state index is 10.8. The fourth-order valence-corrected chi connectivity index (χ4v) is 2.90. The Balaban J connectivity index is 2.34. The molecule has 0 saturated carbocycles. The molecule has 0 radical (unpaired) electrons. The molecule has 1 heterocycles. The minimum atomic E-state index is -0.405. The SMILES string of the molecule is CC1(C)Cc2nc(C(N)=O)sc2C1. The van der Waals surface area contributed by atoms with E-state index in [-0.39, 0.29) is 0 Å². The van der Waals surface area contributed by atoms with Gasteiger partial charge < -0.3 is 5.73 Å². The predicted octanol–water partition coefficient (Wildman–Crippen LogP) is 1.37. The van der Waals surface area contributed by atoms with Crippen LogP contribution in [0.15, 0.2) is 0 Å². The molecule has 1 aliphatic carbocycles. The van der Waals surface area contributed by atoms with Crippen molar-refractivity contribution < 1.29 is 4.79 Å². The number of carbonyl (C=O) groups excluding carboxylic acids is 1. The van der Waals surface area contributed by atoms with Crippen molar-refractivity contribution in [1.29, 1.82) is 0 Å². The number of fused-ring (bicyclic) bond motifs is 1. The molecule has 1 aromatic rings. The van der Waals surface area contributed by atoms with Crippen molar-refractivity contribution >= 4 is 17.2 Å². The van der Waals surface area contributed by atoms with Crippen LogP contribution in [-0.2, 0) is 12.8 Å². The van der Waals surface area contributed by atoms with Gasteiger partial charge in [-0.25, -0.2) is 4.98 Å². The molecule has 0 spiro atoms. The first-order chi connectivity index (χ1) is 5.98. The second-order valence-electron chi connectivity index (χ2n) is 4.27. The molecular weight excluding hydrogens is 184 g/mol. The zero-order valence-electron chi connectivity index (χ0n) is 7.76. The summed E-state index contributed by atoms with van der Waals surface area (Å²) in [5.41, 5.74) is 6.53. The Labute approximate surface area is 81.0 Å². The maximum Gasteiger partial charge on any atom is 0.277 e. The standard InChI is InChI=1S/C9H12N2OS/c1-9(2)3-5-6(4-9)13-8(11-5)7(10)12/h3-4H2,1-2H3,(H2,10,12). The van der Waals surface area contributed by atoms with Gasteiger partial charge in [-0.15, -0.1) is 11.3 Å². The summed E-state index contributed by atoms with van der Waals surface area (Å²) in [6.45, 7) is 4.43. The third kappa shape index (κ3) is 1.46. The minimum Gasteiger partial charge on any atom is -0.364 e. The van der Waals surface area contributed by atoms with E-state index in [0.29, 0.717) is 10.4 Å². The summed E-state index contributed by atoms with van der Waals surface area (Å²) in [5, 5.41) is 0.459. The van der Waals surface area contributed by atoms with Crippen molar-refractivity contribution in [1.82, 2.24) is 4.98 Å². The lowest BCUT2D eigenvalue weighted by Gasteiger charge is -2.14. The quantitative estimate of drug-likeness (QED) is 0.737. The van der Waals surface area contributed by atoms with Crippen molar-refractivity contribution in [2.75, 3.05) is 0 Å². The first-order valence-electron chi connectivity index (χ1n) is 4.26. The molecule has 70 valence electrons. The van der Waals surface area contributed by atoms with Crippen LogP contribution < -0.4 is 5.73 Å². The Morgan fingerprint density at radius 1 is 1.54 bits per heavy atom. The molecule has 0 fully saturated rings. The van der Waals surface area contributed by atoms with E-state index in [1.807, 2.05) is 0 Å². The molecular formula is C9H12N2OS. The van der Waals surface area contributed by atoms with E-state index in [1.165, 1.54) is 16.2 Å². The van der Waals surface area contributed by atoms with E-state index in [2.05, 4.69) is 18.8 Å². The second-order valence-corrected chi connectivity index (χ2v) is 5.35. The molecule has 0 saturated heterocycles. The van der Waals surface area contributed by atoms with E-state index >= 15 is 0 Å². The van der Waals surface area contributed by atoms with Gasteiger partial charge in [-0.1, -0.05) is 13.8 Å². The van der Waals surface area contributed by atoms with Crippen LogP contribution in [-0.4, -0.2) is 10.9 Å². The highest BCUT2D eigenvalue weighted by atomic mass is 32.1. The van der Waals surface area contributed by atoms with Crippen LogP contribution in [0.1, 0.15) is 34.2 Å². The van der Waals surface area contributed by atoms with E-state index in [0.717, 1.165) is 18.5 Å². The smallest absolute Gasteiger partial charge is 0.277 e. The average Bonchev–Trinajstić information content (AvgIpc) is 2.39. The van der Waals surface area contributed by atoms with Crippen LogP contribution in [0.5, 0.6) is 0 Å². The van der Waals surface area contributed by atoms with Gasteiger partial charge >= 0.3 is 0 Å². The first kappa shape index (κ1) is 8.69. The van der Waals surface area contributed by atoms with Gasteiger partial charge in [0.25, 0.3) is 5.91 Å². The zero-order chi connectivity index (χ0) is 9.64. The number of carbonyl (C=O) groups is 1. The number of nitrogens with zero attached hydrogens (tertiary/aromatic N) is 1. The van der Waals surface area contributed by atoms with E-state index in [9.17, 15) is 4.79 Å². The highest BCUT2D eigenvalue weighted by molar-refractivity contribution is 7.13. The van der Waals surface area contributed by atoms with Crippen molar-refractivity contribution in [3.8, 4) is 0 Å². The molecule has 0 bridgehead atoms. The topological polar surface area (TPSA) is 56.0 Å². The molecule has 0 atom stereocenters. The van der Waals surface area contributed by atoms with Gasteiger partial charge in [0.05, 0.1) is 5.69 Å². The molecule has 0 aliphatic heterocycles. The molecule has 2 rings (SSSR count). The van der Waals surface area contributed by atoms with Gasteiger partial charge in [0, 0.05) is 4.88 Å². The Hall–Kier alpha value is -0.900. The molecule has 1 aliphatic rings. The highest BCUT2D eigenvalue weighted by Gasteiger charge is 2.32. The van der Waals surface area contributed by atoms with Crippen LogP contribution in [0.25, 0.3) is 0 Å². The Bertz CT molecular complexity index is 342. The summed E-state index contributed by atoms with van der Waals surface area (Å²) in [7, 11) is 0. The van der Waals surface area contributed by atoms with Crippen molar-refractivity contribution in [3.05, 3.63) is 15.6 Å². The maximum atomic E-state index is 10.8. The van der Waals surface area contributed by atoms with Gasteiger partial charge in [0.2, 0.25) is 0 Å². The number of aromatic nitrogens is 1. The van der Waals surface area contributed by atoms with Crippen molar-refractivity contribution in [2.24, 2.45) is 11.1 Å². The van der Waals surface area contributed by atoms with E-state index in [1.54, 1.807) is 0 Å². The Kier molecular flexibility index (Phi) is 1.70. The molecule has 2 N–H and O–H groups in total. The average molecular weight is 196 g/mol. The fourth-order valence-electron chi connectivity index (χ4n) is 1.72. The number of rotatable bonds is 1. The van der Waals surface area contributed by atoms with Crippen LogP contribution >= 0.6 is 11.3 Å². The lowest BCUT2D eigenvalue weighted by molar-refractivity contribution is 0.0999. The Morgan fingerprint density at radius 2 is 2.23 bits per heavy atom. The van der Waals surface area contributed by atoms with Crippen molar-refractivity contribution in [3.63, 3.8) is 0 Å². The van der Waals surface area contributed by atoms with Gasteiger partial charge in [0.15, 0.2) is 5.01 Å². The summed E-state index contributed by atoms with van der Waals surface area (Å²) in [6.07, 6.45) is 1.99. The molecule has 0 aromatic carbocycles. The summed E-state index contributed by atoms with van der Waals surface area (Å²) in [4.78, 5) is 16.3. The number of thiazole rings is 1. The molecule has 0 unspecified atom stereocenters. The zero-order valence-corrected chi connectivity index (χ0v) is 8.57. The number of hydrogen-bond acceptors (Lipinski definition) is 3. The van der Waals surface area contributed by atoms with Gasteiger partial charge in [-0.05, 0) is 18.3 Å². The van der Waals surface area contributed by atoms with Crippen LogP contribution in [0, 0.1) is 5.41 Å². The largest absolute Gasteiger partial charge is 0.364 e. The monoisotopic (exact) mass is 196 g/mol. The summed E-state index contributed by atoms with van der Waals surface area (Å²) in [5.74, 6) is -0.405. The third-order valence-corrected chi connectivity index (χ3v) is 3.39. The summed E-state index contributed by atoms with van der Waals surface area (Å²) in [6, 6.07) is 0.